The summed E-state index contributed by atoms with van der Waals surface area (Å²) in [6, 6.07) is 9.49. The van der Waals surface area contributed by atoms with Gasteiger partial charge in [0.1, 0.15) is 5.76 Å². The van der Waals surface area contributed by atoms with E-state index in [2.05, 4.69) is 20.3 Å². The van der Waals surface area contributed by atoms with Gasteiger partial charge in [-0.2, -0.15) is 0 Å². The van der Waals surface area contributed by atoms with E-state index in [1.165, 1.54) is 0 Å². The Kier molecular flexibility index (Phi) is 3.68. The molecule has 0 aliphatic heterocycles. The first-order chi connectivity index (χ1) is 12.1. The molecule has 7 nitrogen and oxygen atoms in total. The summed E-state index contributed by atoms with van der Waals surface area (Å²) in [5, 5.41) is 13.0. The summed E-state index contributed by atoms with van der Waals surface area (Å²) in [5.41, 5.74) is 3.00. The second-order valence-electron chi connectivity index (χ2n) is 5.96. The van der Waals surface area contributed by atoms with Crippen LogP contribution in [-0.4, -0.2) is 20.3 Å². The highest BCUT2D eigenvalue weighted by Gasteiger charge is 2.15. The summed E-state index contributed by atoms with van der Waals surface area (Å²) in [6.45, 7) is 3.72. The Morgan fingerprint density at radius 3 is 2.60 bits per heavy atom. The SMILES string of the molecule is Cc1noc(C)c1Cc1nnc(Cc2cc3ccccc3[nH]c2=O)o1. The van der Waals surface area contributed by atoms with Gasteiger partial charge < -0.3 is 13.9 Å². The van der Waals surface area contributed by atoms with Crippen LogP contribution >= 0.6 is 0 Å². The average Bonchev–Trinajstić information content (AvgIpc) is 3.17. The molecule has 4 rings (SSSR count). The van der Waals surface area contributed by atoms with Crippen LogP contribution in [-0.2, 0) is 12.8 Å². The van der Waals surface area contributed by atoms with Crippen LogP contribution < -0.4 is 5.56 Å². The zero-order chi connectivity index (χ0) is 17.4. The molecule has 4 aromatic rings. The van der Waals surface area contributed by atoms with E-state index < -0.39 is 0 Å². The molecule has 0 saturated carbocycles. The number of pyridine rings is 1. The average molecular weight is 336 g/mol. The Morgan fingerprint density at radius 1 is 1.08 bits per heavy atom. The standard InChI is InChI=1S/C18H16N4O3/c1-10-14(11(2)25-22-10)9-17-21-20-16(24-17)8-13-7-12-5-3-4-6-15(12)19-18(13)23/h3-7H,8-9H2,1-2H3,(H,19,23). The highest BCUT2D eigenvalue weighted by atomic mass is 16.5. The first kappa shape index (κ1) is 15.3. The van der Waals surface area contributed by atoms with Crippen molar-refractivity contribution in [2.75, 3.05) is 0 Å². The minimum Gasteiger partial charge on any atom is -0.425 e. The van der Waals surface area contributed by atoms with Crippen molar-refractivity contribution in [2.45, 2.75) is 26.7 Å². The van der Waals surface area contributed by atoms with Crippen LogP contribution in [0.5, 0.6) is 0 Å². The fraction of sp³-hybridized carbons (Fsp3) is 0.222. The number of nitrogens with zero attached hydrogens (tertiary/aromatic N) is 3. The Bertz CT molecular complexity index is 1090. The zero-order valence-corrected chi connectivity index (χ0v) is 13.9. The lowest BCUT2D eigenvalue weighted by molar-refractivity contribution is 0.391. The Hall–Kier alpha value is -3.22. The minimum absolute atomic E-state index is 0.149. The van der Waals surface area contributed by atoms with E-state index in [1.54, 1.807) is 0 Å². The lowest BCUT2D eigenvalue weighted by atomic mass is 10.1. The van der Waals surface area contributed by atoms with Crippen LogP contribution in [0.1, 0.15) is 34.4 Å². The number of hydrogen-bond donors (Lipinski definition) is 1. The first-order valence-corrected chi connectivity index (χ1v) is 7.94. The summed E-state index contributed by atoms with van der Waals surface area (Å²) >= 11 is 0. The molecule has 1 N–H and O–H groups in total. The maximum absolute atomic E-state index is 12.2. The van der Waals surface area contributed by atoms with Gasteiger partial charge in [0.15, 0.2) is 0 Å². The van der Waals surface area contributed by atoms with Crippen LogP contribution in [0.2, 0.25) is 0 Å². The highest BCUT2D eigenvalue weighted by Crippen LogP contribution is 2.18. The van der Waals surface area contributed by atoms with Gasteiger partial charge in [-0.25, -0.2) is 0 Å². The number of hydrogen-bond acceptors (Lipinski definition) is 6. The van der Waals surface area contributed by atoms with E-state index in [4.69, 9.17) is 8.94 Å². The van der Waals surface area contributed by atoms with Gasteiger partial charge in [-0.15, -0.1) is 10.2 Å². The predicted molar refractivity (Wildman–Crippen MR) is 90.5 cm³/mol. The summed E-state index contributed by atoms with van der Waals surface area (Å²) in [6.07, 6.45) is 0.747. The molecule has 0 fully saturated rings. The molecular formula is C18H16N4O3. The van der Waals surface area contributed by atoms with Crippen molar-refractivity contribution in [3.8, 4) is 0 Å². The molecule has 0 unspecified atom stereocenters. The van der Waals surface area contributed by atoms with Crippen molar-refractivity contribution in [3.63, 3.8) is 0 Å². The summed E-state index contributed by atoms with van der Waals surface area (Å²) in [5.74, 6) is 1.62. The zero-order valence-electron chi connectivity index (χ0n) is 13.9. The molecule has 0 radical (unpaired) electrons. The molecule has 0 amide bonds. The summed E-state index contributed by atoms with van der Waals surface area (Å²) in [4.78, 5) is 15.1. The number of aryl methyl sites for hydroxylation is 2. The molecule has 1 aromatic carbocycles. The van der Waals surface area contributed by atoms with Crippen molar-refractivity contribution < 1.29 is 8.94 Å². The number of aromatic amines is 1. The first-order valence-electron chi connectivity index (χ1n) is 7.94. The number of para-hydroxylation sites is 1. The third-order valence-corrected chi connectivity index (χ3v) is 4.19. The van der Waals surface area contributed by atoms with Crippen LogP contribution in [0.25, 0.3) is 10.9 Å². The summed E-state index contributed by atoms with van der Waals surface area (Å²) in [7, 11) is 0. The van der Waals surface area contributed by atoms with Crippen molar-refractivity contribution in [1.29, 1.82) is 0 Å². The monoisotopic (exact) mass is 336 g/mol. The predicted octanol–water partition coefficient (Wildman–Crippen LogP) is 2.70. The Morgan fingerprint density at radius 2 is 1.84 bits per heavy atom. The molecule has 0 saturated heterocycles. The number of nitrogens with one attached hydrogen (secondary N) is 1. The van der Waals surface area contributed by atoms with Gasteiger partial charge in [-0.3, -0.25) is 4.79 Å². The molecule has 0 atom stereocenters. The van der Waals surface area contributed by atoms with Crippen molar-refractivity contribution in [1.82, 2.24) is 20.3 Å². The van der Waals surface area contributed by atoms with E-state index in [1.807, 2.05) is 44.2 Å². The molecule has 0 spiro atoms. The molecule has 0 aliphatic rings. The van der Waals surface area contributed by atoms with Crippen molar-refractivity contribution in [3.05, 3.63) is 75.0 Å². The second kappa shape index (κ2) is 6.01. The molecule has 3 heterocycles. The number of rotatable bonds is 4. The van der Waals surface area contributed by atoms with Crippen molar-refractivity contribution >= 4 is 10.9 Å². The largest absolute Gasteiger partial charge is 0.425 e. The Labute approximate surface area is 142 Å². The minimum atomic E-state index is -0.149. The Balaban J connectivity index is 1.59. The highest BCUT2D eigenvalue weighted by molar-refractivity contribution is 5.78. The maximum Gasteiger partial charge on any atom is 0.252 e. The molecular weight excluding hydrogens is 320 g/mol. The number of benzene rings is 1. The lowest BCUT2D eigenvalue weighted by Gasteiger charge is -2.00. The lowest BCUT2D eigenvalue weighted by Crippen LogP contribution is -2.12. The van der Waals surface area contributed by atoms with Gasteiger partial charge >= 0.3 is 0 Å². The fourth-order valence-electron chi connectivity index (χ4n) is 2.82. The smallest absolute Gasteiger partial charge is 0.252 e. The quantitative estimate of drug-likeness (QED) is 0.615. The van der Waals surface area contributed by atoms with Crippen LogP contribution in [0, 0.1) is 13.8 Å². The van der Waals surface area contributed by atoms with Crippen LogP contribution in [0.15, 0.2) is 44.1 Å². The second-order valence-corrected chi connectivity index (χ2v) is 5.96. The number of aromatic nitrogens is 4. The van der Waals surface area contributed by atoms with Gasteiger partial charge in [0.25, 0.3) is 5.56 Å². The summed E-state index contributed by atoms with van der Waals surface area (Å²) < 4.78 is 10.8. The van der Waals surface area contributed by atoms with E-state index in [-0.39, 0.29) is 12.0 Å². The van der Waals surface area contributed by atoms with Gasteiger partial charge in [-0.1, -0.05) is 23.4 Å². The van der Waals surface area contributed by atoms with E-state index >= 15 is 0 Å². The maximum atomic E-state index is 12.2. The van der Waals surface area contributed by atoms with E-state index in [0.29, 0.717) is 23.8 Å². The molecule has 7 heteroatoms. The van der Waals surface area contributed by atoms with Crippen LogP contribution in [0.4, 0.5) is 0 Å². The van der Waals surface area contributed by atoms with Gasteiger partial charge in [0.2, 0.25) is 11.8 Å². The van der Waals surface area contributed by atoms with Crippen LogP contribution in [0.3, 0.4) is 0 Å². The molecule has 0 aliphatic carbocycles. The third-order valence-electron chi connectivity index (χ3n) is 4.19. The van der Waals surface area contributed by atoms with Gasteiger partial charge in [-0.05, 0) is 31.4 Å². The topological polar surface area (TPSA) is 97.8 Å². The molecule has 126 valence electrons. The van der Waals surface area contributed by atoms with Gasteiger partial charge in [0.05, 0.1) is 18.5 Å². The van der Waals surface area contributed by atoms with E-state index in [9.17, 15) is 4.79 Å². The molecule has 25 heavy (non-hydrogen) atoms. The van der Waals surface area contributed by atoms with E-state index in [0.717, 1.165) is 27.9 Å². The third kappa shape index (κ3) is 2.96. The molecule has 0 bridgehead atoms. The fourth-order valence-corrected chi connectivity index (χ4v) is 2.82. The van der Waals surface area contributed by atoms with Crippen molar-refractivity contribution in [2.24, 2.45) is 0 Å². The number of fused-ring (bicyclic) bond motifs is 1. The van der Waals surface area contributed by atoms with Gasteiger partial charge in [0, 0.05) is 16.6 Å². The number of H-pyrrole nitrogens is 1. The normalized spacial score (nSPS) is 11.3. The molecule has 3 aromatic heterocycles.